The van der Waals surface area contributed by atoms with Gasteiger partial charge in [-0.25, -0.2) is 0 Å². The molecule has 4 nitrogen and oxygen atoms in total. The van der Waals surface area contributed by atoms with Crippen molar-refractivity contribution in [3.8, 4) is 0 Å². The Hall–Kier alpha value is -2.56. The third-order valence-corrected chi connectivity index (χ3v) is 11.7. The van der Waals surface area contributed by atoms with Gasteiger partial charge in [-0.05, 0) is 60.1 Å². The van der Waals surface area contributed by atoms with Crippen LogP contribution < -0.4 is 0 Å². The predicted molar refractivity (Wildman–Crippen MR) is 239 cm³/mol. The number of unbranched alkanes of at least 4 members (excludes halogenated alkanes) is 26. The molecule has 0 aliphatic heterocycles. The molecule has 2 aromatic rings. The fourth-order valence-corrected chi connectivity index (χ4v) is 7.71. The summed E-state index contributed by atoms with van der Waals surface area (Å²) >= 11 is 0. The summed E-state index contributed by atoms with van der Waals surface area (Å²) in [7, 11) is 0. The molecule has 312 valence electrons. The molecule has 55 heavy (non-hydrogen) atoms. The second kappa shape index (κ2) is 32.5. The van der Waals surface area contributed by atoms with Crippen LogP contribution in [0.15, 0.2) is 60.0 Å². The van der Waals surface area contributed by atoms with E-state index in [9.17, 15) is 20.4 Å². The number of aliphatic hydroxyl groups excluding tert-OH is 4. The summed E-state index contributed by atoms with van der Waals surface area (Å²) < 4.78 is 0. The lowest BCUT2D eigenvalue weighted by molar-refractivity contribution is 0.0487. The molecule has 2 aromatic carbocycles. The van der Waals surface area contributed by atoms with E-state index in [0.29, 0.717) is 0 Å². The molecule has 4 N–H and O–H groups in total. The molecule has 0 amide bonds. The van der Waals surface area contributed by atoms with E-state index in [1.165, 1.54) is 203 Å². The van der Waals surface area contributed by atoms with E-state index < -0.39 is 18.6 Å². The van der Waals surface area contributed by atoms with Crippen molar-refractivity contribution in [3.05, 3.63) is 82.3 Å². The lowest BCUT2D eigenvalue weighted by atomic mass is 9.83. The second-order valence-electron chi connectivity index (χ2n) is 16.6. The van der Waals surface area contributed by atoms with Gasteiger partial charge in [0.15, 0.2) is 0 Å². The summed E-state index contributed by atoms with van der Waals surface area (Å²) in [6, 6.07) is 16.1. The van der Waals surface area contributed by atoms with Crippen molar-refractivity contribution in [2.45, 2.75) is 206 Å². The zero-order chi connectivity index (χ0) is 39.7. The van der Waals surface area contributed by atoms with Crippen LogP contribution in [0.1, 0.15) is 216 Å². The first-order chi connectivity index (χ1) is 27.0. The van der Waals surface area contributed by atoms with Gasteiger partial charge >= 0.3 is 0 Å². The topological polar surface area (TPSA) is 80.9 Å². The molecule has 0 bridgehead atoms. The number of hydrogen-bond acceptors (Lipinski definition) is 4. The van der Waals surface area contributed by atoms with Gasteiger partial charge in [0.2, 0.25) is 0 Å². The minimum absolute atomic E-state index is 0.264. The fraction of sp³-hybridized carbons (Fsp3) is 0.686. The van der Waals surface area contributed by atoms with Crippen LogP contribution in [0.4, 0.5) is 0 Å². The highest BCUT2D eigenvalue weighted by molar-refractivity contribution is 5.58. The normalized spacial score (nSPS) is 12.5. The minimum Gasteiger partial charge on any atom is -0.511 e. The standard InChI is InChI=1S/C51H84O4/c1-3-5-7-9-11-13-15-17-19-21-23-25-27-29-31-45-33-37-47(38-34-45)41-49(54)51(43-52,44-53)50(55)42-48-39-35-46(36-40-48)32-30-28-26-24-22-20-18-16-14-12-10-8-6-4-2/h33-42,52-55H,3-32,43-44H2,1-2H3. The van der Waals surface area contributed by atoms with E-state index in [-0.39, 0.29) is 11.5 Å². The van der Waals surface area contributed by atoms with Crippen molar-refractivity contribution in [1.82, 2.24) is 0 Å². The molecular formula is C51H84O4. The highest BCUT2D eigenvalue weighted by Gasteiger charge is 2.38. The lowest BCUT2D eigenvalue weighted by Crippen LogP contribution is -2.34. The van der Waals surface area contributed by atoms with Gasteiger partial charge < -0.3 is 20.4 Å². The van der Waals surface area contributed by atoms with Gasteiger partial charge in [0.05, 0.1) is 13.2 Å². The van der Waals surface area contributed by atoms with Crippen molar-refractivity contribution < 1.29 is 20.4 Å². The Bertz CT molecular complexity index is 1130. The monoisotopic (exact) mass is 761 g/mol. The average Bonchev–Trinajstić information content (AvgIpc) is 3.20. The summed E-state index contributed by atoms with van der Waals surface area (Å²) in [6.45, 7) is 3.31. The Morgan fingerprint density at radius 2 is 0.618 bits per heavy atom. The lowest BCUT2D eigenvalue weighted by Gasteiger charge is -2.28. The summed E-state index contributed by atoms with van der Waals surface area (Å²) in [5, 5.41) is 42.9. The van der Waals surface area contributed by atoms with Gasteiger partial charge in [0.1, 0.15) is 16.9 Å². The van der Waals surface area contributed by atoms with Crippen LogP contribution in [0, 0.1) is 5.41 Å². The maximum atomic E-state index is 11.1. The largest absolute Gasteiger partial charge is 0.511 e. The van der Waals surface area contributed by atoms with Gasteiger partial charge in [-0.3, -0.25) is 0 Å². The molecule has 0 aromatic heterocycles. The van der Waals surface area contributed by atoms with Crippen molar-refractivity contribution >= 4 is 12.2 Å². The number of aryl methyl sites for hydroxylation is 2. The van der Waals surface area contributed by atoms with E-state index in [1.54, 1.807) is 0 Å². The van der Waals surface area contributed by atoms with Crippen molar-refractivity contribution in [3.63, 3.8) is 0 Å². The highest BCUT2D eigenvalue weighted by atomic mass is 16.3. The first-order valence-corrected chi connectivity index (χ1v) is 23.2. The third kappa shape index (κ3) is 22.1. The first kappa shape index (κ1) is 48.6. The molecule has 0 unspecified atom stereocenters. The van der Waals surface area contributed by atoms with Crippen LogP contribution in [0.3, 0.4) is 0 Å². The summed E-state index contributed by atoms with van der Waals surface area (Å²) in [6.07, 6.45) is 43.1. The Labute approximate surface area is 339 Å². The summed E-state index contributed by atoms with van der Waals surface area (Å²) in [5.41, 5.74) is 2.37. The van der Waals surface area contributed by atoms with Crippen LogP contribution >= 0.6 is 0 Å². The van der Waals surface area contributed by atoms with E-state index in [2.05, 4.69) is 38.1 Å². The quantitative estimate of drug-likeness (QED) is 0.0412. The number of aliphatic hydroxyl groups is 4. The van der Waals surface area contributed by atoms with E-state index in [4.69, 9.17) is 0 Å². The molecule has 0 saturated carbocycles. The molecule has 2 rings (SSSR count). The maximum absolute atomic E-state index is 11.1. The van der Waals surface area contributed by atoms with Gasteiger partial charge in [-0.2, -0.15) is 0 Å². The van der Waals surface area contributed by atoms with Crippen LogP contribution in [-0.4, -0.2) is 33.6 Å². The molecule has 0 fully saturated rings. The third-order valence-electron chi connectivity index (χ3n) is 11.7. The molecule has 0 heterocycles. The van der Waals surface area contributed by atoms with Gasteiger partial charge in [-0.15, -0.1) is 0 Å². The molecule has 0 aliphatic rings. The van der Waals surface area contributed by atoms with Gasteiger partial charge in [0, 0.05) is 0 Å². The molecule has 0 aliphatic carbocycles. The van der Waals surface area contributed by atoms with Crippen LogP contribution in [0.25, 0.3) is 12.2 Å². The average molecular weight is 761 g/mol. The SMILES string of the molecule is CCCCCCCCCCCCCCCCc1ccc(C=C(O)C(CO)(CO)C(O)=Cc2ccc(CCCCCCCCCCCCCCCC)cc2)cc1. The zero-order valence-corrected chi connectivity index (χ0v) is 35.7. The van der Waals surface area contributed by atoms with Crippen LogP contribution in [-0.2, 0) is 12.8 Å². The van der Waals surface area contributed by atoms with E-state index >= 15 is 0 Å². The minimum atomic E-state index is -1.68. The smallest absolute Gasteiger partial charge is 0.130 e. The molecular weight excluding hydrogens is 677 g/mol. The fourth-order valence-electron chi connectivity index (χ4n) is 7.71. The van der Waals surface area contributed by atoms with Gasteiger partial charge in [0.25, 0.3) is 0 Å². The predicted octanol–water partition coefficient (Wildman–Crippen LogP) is 15.2. The Kier molecular flexibility index (Phi) is 28.7. The number of rotatable bonds is 36. The number of hydrogen-bond donors (Lipinski definition) is 4. The molecule has 0 saturated heterocycles. The van der Waals surface area contributed by atoms with Crippen molar-refractivity contribution in [1.29, 1.82) is 0 Å². The Morgan fingerprint density at radius 1 is 0.382 bits per heavy atom. The molecule has 0 radical (unpaired) electrons. The highest BCUT2D eigenvalue weighted by Crippen LogP contribution is 2.35. The summed E-state index contributed by atoms with van der Waals surface area (Å²) in [5.74, 6) is -0.527. The maximum Gasteiger partial charge on any atom is 0.130 e. The zero-order valence-electron chi connectivity index (χ0n) is 35.7. The van der Waals surface area contributed by atoms with E-state index in [0.717, 1.165) is 24.0 Å². The van der Waals surface area contributed by atoms with E-state index in [1.807, 2.05) is 24.3 Å². The number of benzene rings is 2. The Morgan fingerprint density at radius 3 is 0.855 bits per heavy atom. The van der Waals surface area contributed by atoms with Crippen molar-refractivity contribution in [2.75, 3.05) is 13.2 Å². The molecule has 0 spiro atoms. The van der Waals surface area contributed by atoms with Gasteiger partial charge in [-0.1, -0.05) is 229 Å². The Balaban J connectivity index is 1.68. The summed E-state index contributed by atoms with van der Waals surface area (Å²) in [4.78, 5) is 0. The second-order valence-corrected chi connectivity index (χ2v) is 16.6. The van der Waals surface area contributed by atoms with Crippen LogP contribution in [0.2, 0.25) is 0 Å². The van der Waals surface area contributed by atoms with Crippen molar-refractivity contribution in [2.24, 2.45) is 5.41 Å². The molecule has 4 heteroatoms. The molecule has 0 atom stereocenters. The first-order valence-electron chi connectivity index (χ1n) is 23.2. The van der Waals surface area contributed by atoms with Crippen LogP contribution in [0.5, 0.6) is 0 Å².